The highest BCUT2D eigenvalue weighted by molar-refractivity contribution is 5.76. The molecule has 1 unspecified atom stereocenters. The Morgan fingerprint density at radius 1 is 1.43 bits per heavy atom. The van der Waals surface area contributed by atoms with Gasteiger partial charge in [0.1, 0.15) is 5.75 Å². The molecule has 1 N–H and O–H groups in total. The van der Waals surface area contributed by atoms with Crippen LogP contribution in [-0.4, -0.2) is 42.2 Å². The normalized spacial score (nSPS) is 18.0. The molecule has 1 aromatic rings. The van der Waals surface area contributed by atoms with Crippen molar-refractivity contribution >= 4 is 5.91 Å². The molecular formula is C17H25NO3. The van der Waals surface area contributed by atoms with Crippen molar-refractivity contribution in [1.82, 2.24) is 4.90 Å². The van der Waals surface area contributed by atoms with E-state index in [-0.39, 0.29) is 12.5 Å². The molecule has 1 aromatic carbocycles. The first kappa shape index (κ1) is 15.8. The van der Waals surface area contributed by atoms with Crippen LogP contribution in [0.4, 0.5) is 0 Å². The van der Waals surface area contributed by atoms with Crippen LogP contribution in [-0.2, 0) is 4.79 Å². The molecule has 2 rings (SSSR count). The second-order valence-corrected chi connectivity index (χ2v) is 5.72. The summed E-state index contributed by atoms with van der Waals surface area (Å²) in [5, 5.41) is 8.94. The van der Waals surface area contributed by atoms with Crippen molar-refractivity contribution < 1.29 is 14.6 Å². The molecule has 1 atom stereocenters. The number of carbonyl (C=O) groups is 1. The number of para-hydroxylation sites is 1. The maximum atomic E-state index is 12.1. The minimum absolute atomic E-state index is 0.212. The van der Waals surface area contributed by atoms with Gasteiger partial charge in [-0.1, -0.05) is 18.2 Å². The van der Waals surface area contributed by atoms with Gasteiger partial charge in [0.25, 0.3) is 0 Å². The standard InChI is InChI=1S/C17H25NO3/c1-14-5-2-3-6-16(14)21-12-4-7-17(20)18-10-8-15(13-18)9-11-19/h2-3,5-6,15,19H,4,7-13H2,1H3. The fraction of sp³-hybridized carbons (Fsp3) is 0.588. The number of rotatable bonds is 7. The van der Waals surface area contributed by atoms with Gasteiger partial charge in [0.15, 0.2) is 0 Å². The van der Waals surface area contributed by atoms with Crippen molar-refractivity contribution in [3.05, 3.63) is 29.8 Å². The van der Waals surface area contributed by atoms with Crippen molar-refractivity contribution in [2.75, 3.05) is 26.3 Å². The average Bonchev–Trinajstić information content (AvgIpc) is 2.94. The van der Waals surface area contributed by atoms with Gasteiger partial charge < -0.3 is 14.7 Å². The topological polar surface area (TPSA) is 49.8 Å². The maximum absolute atomic E-state index is 12.1. The number of likely N-dealkylation sites (tertiary alicyclic amines) is 1. The van der Waals surface area contributed by atoms with Crippen LogP contribution >= 0.6 is 0 Å². The first-order valence-electron chi connectivity index (χ1n) is 7.77. The summed E-state index contributed by atoms with van der Waals surface area (Å²) in [5.74, 6) is 1.58. The van der Waals surface area contributed by atoms with E-state index in [1.54, 1.807) is 0 Å². The van der Waals surface area contributed by atoms with Gasteiger partial charge in [0, 0.05) is 26.1 Å². The van der Waals surface area contributed by atoms with E-state index in [1.165, 1.54) is 0 Å². The van der Waals surface area contributed by atoms with E-state index in [0.717, 1.165) is 43.7 Å². The van der Waals surface area contributed by atoms with Gasteiger partial charge in [-0.2, -0.15) is 0 Å². The molecule has 0 aliphatic carbocycles. The molecule has 1 heterocycles. The van der Waals surface area contributed by atoms with Gasteiger partial charge >= 0.3 is 0 Å². The maximum Gasteiger partial charge on any atom is 0.222 e. The van der Waals surface area contributed by atoms with E-state index in [2.05, 4.69) is 0 Å². The van der Waals surface area contributed by atoms with Crippen LogP contribution in [0.25, 0.3) is 0 Å². The third-order valence-electron chi connectivity index (χ3n) is 4.06. The lowest BCUT2D eigenvalue weighted by atomic mass is 10.1. The van der Waals surface area contributed by atoms with E-state index in [4.69, 9.17) is 9.84 Å². The van der Waals surface area contributed by atoms with Gasteiger partial charge in [0.2, 0.25) is 5.91 Å². The lowest BCUT2D eigenvalue weighted by molar-refractivity contribution is -0.130. The molecule has 4 nitrogen and oxygen atoms in total. The lowest BCUT2D eigenvalue weighted by Gasteiger charge is -2.16. The highest BCUT2D eigenvalue weighted by Gasteiger charge is 2.25. The highest BCUT2D eigenvalue weighted by Crippen LogP contribution is 2.20. The molecule has 1 amide bonds. The number of nitrogens with zero attached hydrogens (tertiary/aromatic N) is 1. The van der Waals surface area contributed by atoms with Crippen LogP contribution in [0.3, 0.4) is 0 Å². The molecule has 0 aromatic heterocycles. The predicted molar refractivity (Wildman–Crippen MR) is 82.3 cm³/mol. The summed E-state index contributed by atoms with van der Waals surface area (Å²) < 4.78 is 5.71. The van der Waals surface area contributed by atoms with Gasteiger partial charge in [-0.3, -0.25) is 4.79 Å². The Morgan fingerprint density at radius 3 is 3.00 bits per heavy atom. The monoisotopic (exact) mass is 291 g/mol. The van der Waals surface area contributed by atoms with Crippen LogP contribution < -0.4 is 4.74 Å². The van der Waals surface area contributed by atoms with E-state index in [9.17, 15) is 4.79 Å². The molecule has 21 heavy (non-hydrogen) atoms. The molecule has 1 saturated heterocycles. The molecule has 0 radical (unpaired) electrons. The number of amides is 1. The number of hydrogen-bond acceptors (Lipinski definition) is 3. The zero-order valence-corrected chi connectivity index (χ0v) is 12.8. The van der Waals surface area contributed by atoms with Crippen molar-refractivity contribution in [3.8, 4) is 5.75 Å². The molecule has 0 spiro atoms. The molecule has 116 valence electrons. The Hall–Kier alpha value is -1.55. The smallest absolute Gasteiger partial charge is 0.222 e. The second kappa shape index (κ2) is 8.03. The first-order valence-corrected chi connectivity index (χ1v) is 7.77. The number of carbonyl (C=O) groups excluding carboxylic acids is 1. The van der Waals surface area contributed by atoms with Gasteiger partial charge in [0.05, 0.1) is 6.61 Å². The average molecular weight is 291 g/mol. The number of hydrogen-bond donors (Lipinski definition) is 1. The number of aliphatic hydroxyl groups excluding tert-OH is 1. The summed E-state index contributed by atoms with van der Waals surface area (Å²) in [6, 6.07) is 7.92. The van der Waals surface area contributed by atoms with Crippen LogP contribution in [0.1, 0.15) is 31.2 Å². The number of aryl methyl sites for hydroxylation is 1. The molecule has 1 aliphatic rings. The SMILES string of the molecule is Cc1ccccc1OCCCC(=O)N1CCC(CCO)C1. The molecule has 1 fully saturated rings. The minimum atomic E-state index is 0.212. The van der Waals surface area contributed by atoms with E-state index >= 15 is 0 Å². The Morgan fingerprint density at radius 2 is 2.24 bits per heavy atom. The zero-order valence-electron chi connectivity index (χ0n) is 12.8. The van der Waals surface area contributed by atoms with Gasteiger partial charge in [-0.15, -0.1) is 0 Å². The summed E-state index contributed by atoms with van der Waals surface area (Å²) in [7, 11) is 0. The Balaban J connectivity index is 1.65. The summed E-state index contributed by atoms with van der Waals surface area (Å²) in [6.45, 7) is 4.45. The van der Waals surface area contributed by atoms with Crippen LogP contribution in [0.5, 0.6) is 5.75 Å². The first-order chi connectivity index (χ1) is 10.2. The summed E-state index contributed by atoms with van der Waals surface area (Å²) >= 11 is 0. The van der Waals surface area contributed by atoms with Crippen molar-refractivity contribution in [1.29, 1.82) is 0 Å². The van der Waals surface area contributed by atoms with E-state index in [1.807, 2.05) is 36.1 Å². The van der Waals surface area contributed by atoms with Gasteiger partial charge in [-0.05, 0) is 43.7 Å². The summed E-state index contributed by atoms with van der Waals surface area (Å²) in [4.78, 5) is 14.0. The van der Waals surface area contributed by atoms with Crippen LogP contribution in [0, 0.1) is 12.8 Å². The van der Waals surface area contributed by atoms with Crippen molar-refractivity contribution in [2.24, 2.45) is 5.92 Å². The Kier molecular flexibility index (Phi) is 6.05. The van der Waals surface area contributed by atoms with E-state index < -0.39 is 0 Å². The largest absolute Gasteiger partial charge is 0.493 e. The summed E-state index contributed by atoms with van der Waals surface area (Å²) in [5.41, 5.74) is 1.12. The quantitative estimate of drug-likeness (QED) is 0.785. The van der Waals surface area contributed by atoms with Crippen molar-refractivity contribution in [3.63, 3.8) is 0 Å². The van der Waals surface area contributed by atoms with Crippen LogP contribution in [0.2, 0.25) is 0 Å². The number of aliphatic hydroxyl groups is 1. The molecule has 4 heteroatoms. The fourth-order valence-electron chi connectivity index (χ4n) is 2.76. The highest BCUT2D eigenvalue weighted by atomic mass is 16.5. The second-order valence-electron chi connectivity index (χ2n) is 5.72. The third-order valence-corrected chi connectivity index (χ3v) is 4.06. The van der Waals surface area contributed by atoms with E-state index in [0.29, 0.717) is 18.9 Å². The van der Waals surface area contributed by atoms with Crippen LogP contribution in [0.15, 0.2) is 24.3 Å². The molecule has 0 bridgehead atoms. The molecular weight excluding hydrogens is 266 g/mol. The fourth-order valence-corrected chi connectivity index (χ4v) is 2.76. The molecule has 0 saturated carbocycles. The lowest BCUT2D eigenvalue weighted by Crippen LogP contribution is -2.28. The Bertz CT molecular complexity index is 461. The zero-order chi connectivity index (χ0) is 15.1. The Labute approximate surface area is 126 Å². The summed E-state index contributed by atoms with van der Waals surface area (Å²) in [6.07, 6.45) is 3.11. The predicted octanol–water partition coefficient (Wildman–Crippen LogP) is 2.38. The molecule has 1 aliphatic heterocycles. The number of ether oxygens (including phenoxy) is 1. The minimum Gasteiger partial charge on any atom is -0.493 e. The van der Waals surface area contributed by atoms with Crippen molar-refractivity contribution in [2.45, 2.75) is 32.6 Å². The number of benzene rings is 1. The third kappa shape index (κ3) is 4.74. The van der Waals surface area contributed by atoms with Gasteiger partial charge in [-0.25, -0.2) is 0 Å².